The molecule has 4 aromatic rings. The molecular formula is C23H24N4O4S. The maximum Gasteiger partial charge on any atom is 0.332 e. The number of rotatable bonds is 6. The van der Waals surface area contributed by atoms with Gasteiger partial charge in [-0.2, -0.15) is 4.37 Å². The van der Waals surface area contributed by atoms with Crippen LogP contribution in [0.2, 0.25) is 0 Å². The molecule has 0 N–H and O–H groups in total. The molecule has 0 bridgehead atoms. The largest absolute Gasteiger partial charge is 0.469 e. The number of benzene rings is 1. The van der Waals surface area contributed by atoms with Crippen molar-refractivity contribution in [3.63, 3.8) is 0 Å². The van der Waals surface area contributed by atoms with Gasteiger partial charge in [-0.3, -0.25) is 18.7 Å². The van der Waals surface area contributed by atoms with Gasteiger partial charge in [-0.25, -0.2) is 9.78 Å². The van der Waals surface area contributed by atoms with Gasteiger partial charge in [0.1, 0.15) is 0 Å². The zero-order valence-corrected chi connectivity index (χ0v) is 19.2. The average Bonchev–Trinajstić information content (AvgIpc) is 3.18. The zero-order valence-electron chi connectivity index (χ0n) is 18.4. The molecule has 9 heteroatoms. The van der Waals surface area contributed by atoms with Crippen LogP contribution in [0.25, 0.3) is 21.1 Å². The number of carbonyl (C=O) groups is 1. The lowest BCUT2D eigenvalue weighted by Crippen LogP contribution is -2.43. The molecular weight excluding hydrogens is 428 g/mol. The fourth-order valence-corrected chi connectivity index (χ4v) is 5.13. The van der Waals surface area contributed by atoms with Gasteiger partial charge in [0, 0.05) is 11.6 Å². The van der Waals surface area contributed by atoms with Crippen molar-refractivity contribution in [2.75, 3.05) is 7.11 Å². The topological polar surface area (TPSA) is 96.1 Å². The Morgan fingerprint density at radius 2 is 2.03 bits per heavy atom. The van der Waals surface area contributed by atoms with Crippen LogP contribution < -0.4 is 11.2 Å². The van der Waals surface area contributed by atoms with E-state index in [9.17, 15) is 14.4 Å². The Kier molecular flexibility index (Phi) is 5.92. The number of carbonyl (C=O) groups excluding carboxylic acids is 1. The fraction of sp³-hybridized carbons (Fsp3) is 0.348. The van der Waals surface area contributed by atoms with E-state index < -0.39 is 23.3 Å². The highest BCUT2D eigenvalue weighted by Crippen LogP contribution is 2.28. The van der Waals surface area contributed by atoms with Crippen molar-refractivity contribution in [1.82, 2.24) is 18.5 Å². The third-order valence-electron chi connectivity index (χ3n) is 5.70. The molecule has 4 rings (SSSR count). The van der Waals surface area contributed by atoms with E-state index in [0.717, 1.165) is 31.5 Å². The molecule has 0 saturated carbocycles. The number of aromatic nitrogens is 4. The second-order valence-corrected chi connectivity index (χ2v) is 8.65. The average molecular weight is 453 g/mol. The third kappa shape index (κ3) is 3.73. The molecule has 0 aliphatic carbocycles. The van der Waals surface area contributed by atoms with Gasteiger partial charge >= 0.3 is 11.7 Å². The van der Waals surface area contributed by atoms with E-state index in [-0.39, 0.29) is 18.5 Å². The van der Waals surface area contributed by atoms with Crippen LogP contribution in [-0.4, -0.2) is 31.6 Å². The van der Waals surface area contributed by atoms with Crippen LogP contribution in [0, 0.1) is 13.8 Å². The van der Waals surface area contributed by atoms with Gasteiger partial charge in [0.15, 0.2) is 5.52 Å². The molecule has 0 radical (unpaired) electrons. The van der Waals surface area contributed by atoms with Crippen LogP contribution in [0.4, 0.5) is 0 Å². The van der Waals surface area contributed by atoms with Gasteiger partial charge in [-0.05, 0) is 61.1 Å². The highest BCUT2D eigenvalue weighted by Gasteiger charge is 2.23. The molecule has 0 saturated heterocycles. The molecule has 32 heavy (non-hydrogen) atoms. The van der Waals surface area contributed by atoms with Gasteiger partial charge in [0.25, 0.3) is 5.56 Å². The lowest BCUT2D eigenvalue weighted by Gasteiger charge is -2.19. The lowest BCUT2D eigenvalue weighted by molar-refractivity contribution is -0.141. The molecule has 0 fully saturated rings. The highest BCUT2D eigenvalue weighted by molar-refractivity contribution is 7.13. The van der Waals surface area contributed by atoms with Crippen molar-refractivity contribution in [2.45, 2.75) is 46.2 Å². The van der Waals surface area contributed by atoms with Crippen LogP contribution in [0.3, 0.4) is 0 Å². The van der Waals surface area contributed by atoms with E-state index in [2.05, 4.69) is 21.5 Å². The highest BCUT2D eigenvalue weighted by atomic mass is 32.1. The van der Waals surface area contributed by atoms with Gasteiger partial charge < -0.3 is 4.74 Å². The summed E-state index contributed by atoms with van der Waals surface area (Å²) >= 11 is 1.39. The second-order valence-electron chi connectivity index (χ2n) is 7.84. The summed E-state index contributed by atoms with van der Waals surface area (Å²) in [5.41, 5.74) is 2.63. The van der Waals surface area contributed by atoms with Crippen molar-refractivity contribution in [3.8, 4) is 0 Å². The first-order valence-electron chi connectivity index (χ1n) is 10.4. The van der Waals surface area contributed by atoms with Crippen LogP contribution in [0.5, 0.6) is 0 Å². The Morgan fingerprint density at radius 1 is 1.25 bits per heavy atom. The normalized spacial score (nSPS) is 12.4. The Morgan fingerprint density at radius 3 is 2.75 bits per heavy atom. The minimum Gasteiger partial charge on any atom is -0.469 e. The minimum absolute atomic E-state index is 0.0709. The van der Waals surface area contributed by atoms with Crippen LogP contribution in [0.15, 0.2) is 40.1 Å². The maximum atomic E-state index is 13.6. The number of methoxy groups -OCH3 is 1. The monoisotopic (exact) mass is 452 g/mol. The van der Waals surface area contributed by atoms with E-state index in [4.69, 9.17) is 4.74 Å². The molecule has 3 aromatic heterocycles. The predicted molar refractivity (Wildman–Crippen MR) is 124 cm³/mol. The molecule has 1 unspecified atom stereocenters. The van der Waals surface area contributed by atoms with Crippen molar-refractivity contribution >= 4 is 38.6 Å². The van der Waals surface area contributed by atoms with E-state index in [0.29, 0.717) is 11.9 Å². The van der Waals surface area contributed by atoms with E-state index in [1.54, 1.807) is 12.1 Å². The first-order chi connectivity index (χ1) is 15.3. The second kappa shape index (κ2) is 8.66. The van der Waals surface area contributed by atoms with Crippen LogP contribution >= 0.6 is 11.5 Å². The SMILES string of the molecule is CCC(CC(=O)OC)n1c(=O)c2ncccc2n(Cc2nsc3cc(C)cc(C)c23)c1=O. The number of hydrogen-bond donors (Lipinski definition) is 0. The smallest absolute Gasteiger partial charge is 0.332 e. The number of fused-ring (bicyclic) bond motifs is 2. The van der Waals surface area contributed by atoms with Crippen molar-refractivity contribution in [3.05, 3.63) is 68.1 Å². The number of nitrogens with zero attached hydrogens (tertiary/aromatic N) is 4. The Hall–Kier alpha value is -3.33. The molecule has 1 aromatic carbocycles. The maximum absolute atomic E-state index is 13.6. The van der Waals surface area contributed by atoms with Gasteiger partial charge in [0.2, 0.25) is 0 Å². The number of hydrogen-bond acceptors (Lipinski definition) is 7. The molecule has 0 amide bonds. The fourth-order valence-electron chi connectivity index (χ4n) is 4.16. The standard InChI is InChI=1S/C23H24N4O4S/c1-5-15(11-19(28)31-4)27-22(29)21-17(7-6-8-24-21)26(23(27)30)12-16-20-14(3)9-13(2)10-18(20)32-25-16/h6-10,15H,5,11-12H2,1-4H3. The number of esters is 1. The van der Waals surface area contributed by atoms with E-state index in [1.165, 1.54) is 29.4 Å². The van der Waals surface area contributed by atoms with Crippen LogP contribution in [0.1, 0.15) is 42.6 Å². The number of ether oxygens (including phenoxy) is 1. The van der Waals surface area contributed by atoms with Crippen molar-refractivity contribution in [2.24, 2.45) is 0 Å². The Labute approximate surface area is 188 Å². The summed E-state index contributed by atoms with van der Waals surface area (Å²) in [6, 6.07) is 6.95. The van der Waals surface area contributed by atoms with Crippen molar-refractivity contribution in [1.29, 1.82) is 0 Å². The molecule has 3 heterocycles. The molecule has 166 valence electrons. The third-order valence-corrected chi connectivity index (χ3v) is 6.53. The minimum atomic E-state index is -0.628. The molecule has 1 atom stereocenters. The first kappa shape index (κ1) is 21.9. The summed E-state index contributed by atoms with van der Waals surface area (Å²) in [4.78, 5) is 43.0. The van der Waals surface area contributed by atoms with Crippen molar-refractivity contribution < 1.29 is 9.53 Å². The zero-order chi connectivity index (χ0) is 23.0. The Bertz CT molecular complexity index is 1450. The van der Waals surface area contributed by atoms with Crippen LogP contribution in [-0.2, 0) is 16.1 Å². The van der Waals surface area contributed by atoms with Gasteiger partial charge in [-0.15, -0.1) is 0 Å². The molecule has 0 aliphatic rings. The molecule has 0 spiro atoms. The van der Waals surface area contributed by atoms with E-state index in [1.807, 2.05) is 20.8 Å². The lowest BCUT2D eigenvalue weighted by atomic mass is 10.1. The van der Waals surface area contributed by atoms with E-state index >= 15 is 0 Å². The van der Waals surface area contributed by atoms with Gasteiger partial charge in [-0.1, -0.05) is 13.0 Å². The predicted octanol–water partition coefficient (Wildman–Crippen LogP) is 3.35. The number of aryl methyl sites for hydroxylation is 2. The quantitative estimate of drug-likeness (QED) is 0.416. The summed E-state index contributed by atoms with van der Waals surface area (Å²) in [6.45, 7) is 6.09. The summed E-state index contributed by atoms with van der Waals surface area (Å²) in [5, 5.41) is 1.02. The summed E-state index contributed by atoms with van der Waals surface area (Å²) in [5.74, 6) is -0.479. The molecule has 8 nitrogen and oxygen atoms in total. The summed E-state index contributed by atoms with van der Waals surface area (Å²) in [6.07, 6.45) is 1.87. The van der Waals surface area contributed by atoms with Gasteiger partial charge in [0.05, 0.1) is 42.0 Å². The Balaban J connectivity index is 1.95. The first-order valence-corrected chi connectivity index (χ1v) is 11.1. The summed E-state index contributed by atoms with van der Waals surface area (Å²) in [7, 11) is 1.29. The number of pyridine rings is 1. The summed E-state index contributed by atoms with van der Waals surface area (Å²) < 4.78 is 13.1. The molecule has 0 aliphatic heterocycles.